The first kappa shape index (κ1) is 21.3. The van der Waals surface area contributed by atoms with E-state index in [1.54, 1.807) is 0 Å². The largest absolute Gasteiger partial charge is 0.354 e. The Morgan fingerprint density at radius 3 is 2.00 bits per heavy atom. The molecule has 0 fully saturated rings. The molecule has 0 saturated heterocycles. The highest BCUT2D eigenvalue weighted by Gasteiger charge is 2.15. The van der Waals surface area contributed by atoms with Gasteiger partial charge in [0.1, 0.15) is 0 Å². The highest BCUT2D eigenvalue weighted by atomic mass is 32.1. The van der Waals surface area contributed by atoms with Crippen LogP contribution in [0.4, 0.5) is 0 Å². The van der Waals surface area contributed by atoms with Gasteiger partial charge in [0.05, 0.1) is 16.9 Å². The summed E-state index contributed by atoms with van der Waals surface area (Å²) < 4.78 is 2.56. The van der Waals surface area contributed by atoms with Gasteiger partial charge in [-0.3, -0.25) is 0 Å². The third kappa shape index (κ3) is 3.35. The van der Waals surface area contributed by atoms with Gasteiger partial charge in [-0.05, 0) is 30.3 Å². The summed E-state index contributed by atoms with van der Waals surface area (Å²) in [5.74, 6) is 0.732. The second kappa shape index (κ2) is 8.37. The Labute approximate surface area is 223 Å². The minimum absolute atomic E-state index is 0.732. The van der Waals surface area contributed by atoms with E-state index in [0.717, 1.165) is 33.9 Å². The summed E-state index contributed by atoms with van der Waals surface area (Å²) in [6.45, 7) is 0. The van der Waals surface area contributed by atoms with Gasteiger partial charge < -0.3 is 4.98 Å². The molecule has 0 saturated carbocycles. The quantitative estimate of drug-likeness (QED) is 0.261. The first-order valence-electron chi connectivity index (χ1n) is 12.7. The van der Waals surface area contributed by atoms with E-state index >= 15 is 0 Å². The van der Waals surface area contributed by atoms with E-state index in [9.17, 15) is 0 Å². The monoisotopic (exact) mass is 503 g/mol. The van der Waals surface area contributed by atoms with Crippen LogP contribution in [0.15, 0.2) is 121 Å². The van der Waals surface area contributed by atoms with E-state index in [1.807, 2.05) is 35.6 Å². The molecule has 3 aromatic heterocycles. The zero-order valence-corrected chi connectivity index (χ0v) is 21.2. The van der Waals surface area contributed by atoms with E-state index in [4.69, 9.17) is 9.97 Å². The Kier molecular flexibility index (Phi) is 4.69. The molecule has 3 nitrogen and oxygen atoms in total. The van der Waals surface area contributed by atoms with Crippen molar-refractivity contribution in [1.82, 2.24) is 15.0 Å². The van der Waals surface area contributed by atoms with Crippen molar-refractivity contribution in [2.75, 3.05) is 0 Å². The van der Waals surface area contributed by atoms with Crippen molar-refractivity contribution in [3.05, 3.63) is 121 Å². The zero-order valence-electron chi connectivity index (χ0n) is 20.3. The van der Waals surface area contributed by atoms with Gasteiger partial charge in [-0.1, -0.05) is 91.0 Å². The van der Waals surface area contributed by atoms with Crippen molar-refractivity contribution in [2.45, 2.75) is 0 Å². The van der Waals surface area contributed by atoms with E-state index in [0.29, 0.717) is 0 Å². The van der Waals surface area contributed by atoms with Crippen molar-refractivity contribution in [3.8, 4) is 33.9 Å². The van der Waals surface area contributed by atoms with E-state index < -0.39 is 0 Å². The maximum absolute atomic E-state index is 5.05. The maximum atomic E-state index is 5.05. The molecule has 3 heterocycles. The lowest BCUT2D eigenvalue weighted by Crippen LogP contribution is -1.95. The van der Waals surface area contributed by atoms with Gasteiger partial charge in [0, 0.05) is 53.2 Å². The van der Waals surface area contributed by atoms with Crippen LogP contribution < -0.4 is 0 Å². The third-order valence-electron chi connectivity index (χ3n) is 7.24. The summed E-state index contributed by atoms with van der Waals surface area (Å²) in [6.07, 6.45) is 0. The average molecular weight is 504 g/mol. The number of H-pyrrole nitrogens is 1. The fourth-order valence-corrected chi connectivity index (χ4v) is 6.51. The standard InChI is InChI=1S/C34H21N3S/c1-3-9-21(10-4-1)28-20-29(37-34(36-28)22-11-5-2-6-12-22)23-15-17-30-26(19-23)32-31(38-30)18-16-25-24-13-7-8-14-27(24)35-33(25)32/h1-20,35H. The number of hydrogen-bond donors (Lipinski definition) is 1. The number of nitrogens with one attached hydrogen (secondary N) is 1. The van der Waals surface area contributed by atoms with Crippen LogP contribution in [0.25, 0.3) is 75.9 Å². The number of thiophene rings is 1. The summed E-state index contributed by atoms with van der Waals surface area (Å²) in [5.41, 5.74) is 7.38. The molecule has 8 rings (SSSR count). The Morgan fingerprint density at radius 1 is 0.500 bits per heavy atom. The van der Waals surface area contributed by atoms with Gasteiger partial charge in [0.2, 0.25) is 0 Å². The van der Waals surface area contributed by atoms with Crippen molar-refractivity contribution < 1.29 is 0 Å². The van der Waals surface area contributed by atoms with Crippen molar-refractivity contribution in [2.24, 2.45) is 0 Å². The molecule has 0 spiro atoms. The lowest BCUT2D eigenvalue weighted by Gasteiger charge is -2.09. The topological polar surface area (TPSA) is 41.6 Å². The third-order valence-corrected chi connectivity index (χ3v) is 8.37. The summed E-state index contributed by atoms with van der Waals surface area (Å²) in [7, 11) is 0. The minimum Gasteiger partial charge on any atom is -0.354 e. The Morgan fingerprint density at radius 2 is 1.18 bits per heavy atom. The maximum Gasteiger partial charge on any atom is 0.160 e. The van der Waals surface area contributed by atoms with Crippen LogP contribution in [0, 0.1) is 0 Å². The summed E-state index contributed by atoms with van der Waals surface area (Å²) in [5, 5.41) is 5.05. The molecule has 0 unspecified atom stereocenters. The minimum atomic E-state index is 0.732. The van der Waals surface area contributed by atoms with Crippen LogP contribution in [0.5, 0.6) is 0 Å². The highest BCUT2D eigenvalue weighted by molar-refractivity contribution is 7.26. The summed E-state index contributed by atoms with van der Waals surface area (Å²) in [4.78, 5) is 13.7. The second-order valence-corrected chi connectivity index (χ2v) is 10.6. The Bertz CT molecular complexity index is 2070. The van der Waals surface area contributed by atoms with Crippen LogP contribution in [0.1, 0.15) is 0 Å². The van der Waals surface area contributed by atoms with E-state index in [1.165, 1.54) is 42.0 Å². The lowest BCUT2D eigenvalue weighted by molar-refractivity contribution is 1.18. The predicted molar refractivity (Wildman–Crippen MR) is 161 cm³/mol. The first-order chi connectivity index (χ1) is 18.8. The van der Waals surface area contributed by atoms with Crippen LogP contribution in [-0.2, 0) is 0 Å². The lowest BCUT2D eigenvalue weighted by atomic mass is 10.0. The summed E-state index contributed by atoms with van der Waals surface area (Å²) in [6, 6.07) is 42.4. The molecule has 8 aromatic rings. The molecule has 0 radical (unpaired) electrons. The molecule has 38 heavy (non-hydrogen) atoms. The summed E-state index contributed by atoms with van der Waals surface area (Å²) >= 11 is 1.84. The van der Waals surface area contributed by atoms with Gasteiger partial charge in [0.25, 0.3) is 0 Å². The molecule has 0 aliphatic heterocycles. The molecule has 5 aromatic carbocycles. The predicted octanol–water partition coefficient (Wildman–Crippen LogP) is 9.48. The molecular weight excluding hydrogens is 482 g/mol. The second-order valence-electron chi connectivity index (χ2n) is 9.54. The van der Waals surface area contributed by atoms with Gasteiger partial charge in [0.15, 0.2) is 5.82 Å². The van der Waals surface area contributed by atoms with Gasteiger partial charge in [-0.25, -0.2) is 9.97 Å². The van der Waals surface area contributed by atoms with Crippen LogP contribution >= 0.6 is 11.3 Å². The van der Waals surface area contributed by atoms with E-state index in [-0.39, 0.29) is 0 Å². The van der Waals surface area contributed by atoms with Crippen molar-refractivity contribution in [1.29, 1.82) is 0 Å². The SMILES string of the molecule is c1ccc(-c2cc(-c3ccc4sc5ccc6c7ccccc7[nH]c6c5c4c3)nc(-c3ccccc3)n2)cc1. The average Bonchev–Trinajstić information content (AvgIpc) is 3.55. The molecule has 178 valence electrons. The molecule has 0 bridgehead atoms. The molecule has 1 N–H and O–H groups in total. The molecule has 4 heteroatoms. The number of para-hydroxylation sites is 1. The highest BCUT2D eigenvalue weighted by Crippen LogP contribution is 2.41. The molecule has 0 amide bonds. The van der Waals surface area contributed by atoms with Crippen molar-refractivity contribution >= 4 is 53.3 Å². The number of benzene rings is 5. The van der Waals surface area contributed by atoms with Crippen LogP contribution in [-0.4, -0.2) is 15.0 Å². The van der Waals surface area contributed by atoms with Gasteiger partial charge in [-0.15, -0.1) is 11.3 Å². The van der Waals surface area contributed by atoms with E-state index in [2.05, 4.69) is 102 Å². The number of fused-ring (bicyclic) bond motifs is 7. The van der Waals surface area contributed by atoms with Gasteiger partial charge >= 0.3 is 0 Å². The number of rotatable bonds is 3. The molecule has 0 atom stereocenters. The first-order valence-corrected chi connectivity index (χ1v) is 13.5. The van der Waals surface area contributed by atoms with Crippen LogP contribution in [0.3, 0.4) is 0 Å². The Hall–Kier alpha value is -4.80. The molecule has 0 aliphatic carbocycles. The number of nitrogens with zero attached hydrogens (tertiary/aromatic N) is 2. The number of aromatic amines is 1. The molecular formula is C34H21N3S. The zero-order chi connectivity index (χ0) is 25.1. The van der Waals surface area contributed by atoms with Crippen molar-refractivity contribution in [3.63, 3.8) is 0 Å². The fraction of sp³-hybridized carbons (Fsp3) is 0. The number of hydrogen-bond acceptors (Lipinski definition) is 3. The molecule has 0 aliphatic rings. The van der Waals surface area contributed by atoms with Gasteiger partial charge in [-0.2, -0.15) is 0 Å². The fourth-order valence-electron chi connectivity index (χ4n) is 5.41. The normalized spacial score (nSPS) is 11.7. The number of aromatic nitrogens is 3. The Balaban J connectivity index is 1.38. The smallest absolute Gasteiger partial charge is 0.160 e. The van der Waals surface area contributed by atoms with Crippen LogP contribution in [0.2, 0.25) is 0 Å².